The molecule has 0 spiro atoms. The molecule has 106 valence electrons. The van der Waals surface area contributed by atoms with E-state index in [0.29, 0.717) is 24.7 Å². The second-order valence-electron chi connectivity index (χ2n) is 4.29. The molecular formula is C13H20ClN3O2. The summed E-state index contributed by atoms with van der Waals surface area (Å²) >= 11 is 5.76. The zero-order valence-electron chi connectivity index (χ0n) is 11.3. The van der Waals surface area contributed by atoms with E-state index in [-0.39, 0.29) is 6.03 Å². The van der Waals surface area contributed by atoms with Crippen molar-refractivity contribution in [1.82, 2.24) is 15.5 Å². The lowest BCUT2D eigenvalue weighted by Crippen LogP contribution is -2.40. The van der Waals surface area contributed by atoms with E-state index >= 15 is 0 Å². The van der Waals surface area contributed by atoms with Crippen LogP contribution in [-0.2, 0) is 0 Å². The monoisotopic (exact) mass is 285 g/mol. The van der Waals surface area contributed by atoms with Crippen molar-refractivity contribution in [2.24, 2.45) is 0 Å². The molecule has 2 N–H and O–H groups in total. The summed E-state index contributed by atoms with van der Waals surface area (Å²) in [6.07, 6.45) is 0. The first-order chi connectivity index (χ1) is 9.08. The smallest absolute Gasteiger partial charge is 0.314 e. The van der Waals surface area contributed by atoms with Crippen LogP contribution in [-0.4, -0.2) is 51.3 Å². The normalized spacial score (nSPS) is 10.3. The molecule has 5 nitrogen and oxygen atoms in total. The van der Waals surface area contributed by atoms with Crippen molar-refractivity contribution in [3.8, 4) is 5.75 Å². The summed E-state index contributed by atoms with van der Waals surface area (Å²) < 4.78 is 5.44. The van der Waals surface area contributed by atoms with Crippen molar-refractivity contribution in [2.75, 3.05) is 40.3 Å². The van der Waals surface area contributed by atoms with Gasteiger partial charge in [-0.15, -0.1) is 0 Å². The van der Waals surface area contributed by atoms with E-state index in [4.69, 9.17) is 16.3 Å². The highest BCUT2D eigenvalue weighted by Crippen LogP contribution is 2.14. The fourth-order valence-electron chi connectivity index (χ4n) is 1.32. The maximum atomic E-state index is 11.4. The van der Waals surface area contributed by atoms with E-state index in [0.717, 1.165) is 12.3 Å². The number of carbonyl (C=O) groups is 1. The second-order valence-corrected chi connectivity index (χ2v) is 4.72. The standard InChI is InChI=1S/C13H20ClN3O2/c1-17(2)9-7-15-13(18)16-8-10-19-12-5-3-11(14)4-6-12/h3-6H,7-10H2,1-2H3,(H2,15,16,18). The van der Waals surface area contributed by atoms with Gasteiger partial charge in [-0.1, -0.05) is 11.6 Å². The first kappa shape index (κ1) is 15.6. The van der Waals surface area contributed by atoms with Gasteiger partial charge in [-0.2, -0.15) is 0 Å². The molecule has 0 saturated carbocycles. The third-order valence-corrected chi connectivity index (χ3v) is 2.57. The summed E-state index contributed by atoms with van der Waals surface area (Å²) in [6, 6.07) is 6.93. The van der Waals surface area contributed by atoms with E-state index < -0.39 is 0 Å². The highest BCUT2D eigenvalue weighted by Gasteiger charge is 1.99. The maximum Gasteiger partial charge on any atom is 0.314 e. The molecule has 1 aromatic rings. The summed E-state index contributed by atoms with van der Waals surface area (Å²) in [4.78, 5) is 13.4. The Hall–Kier alpha value is -1.46. The Kier molecular flexibility index (Phi) is 7.07. The molecule has 6 heteroatoms. The van der Waals surface area contributed by atoms with Gasteiger partial charge in [-0.25, -0.2) is 4.79 Å². The zero-order valence-corrected chi connectivity index (χ0v) is 12.0. The SMILES string of the molecule is CN(C)CCNC(=O)NCCOc1ccc(Cl)cc1. The third-order valence-electron chi connectivity index (χ3n) is 2.31. The van der Waals surface area contributed by atoms with Crippen molar-refractivity contribution in [2.45, 2.75) is 0 Å². The number of nitrogens with zero attached hydrogens (tertiary/aromatic N) is 1. The summed E-state index contributed by atoms with van der Waals surface area (Å²) in [6.45, 7) is 2.31. The van der Waals surface area contributed by atoms with E-state index in [9.17, 15) is 4.79 Å². The highest BCUT2D eigenvalue weighted by atomic mass is 35.5. The van der Waals surface area contributed by atoms with Gasteiger partial charge in [0.2, 0.25) is 0 Å². The van der Waals surface area contributed by atoms with Crippen LogP contribution in [0.1, 0.15) is 0 Å². The minimum atomic E-state index is -0.179. The number of ether oxygens (including phenoxy) is 1. The quantitative estimate of drug-likeness (QED) is 0.748. The molecule has 0 saturated heterocycles. The number of nitrogens with one attached hydrogen (secondary N) is 2. The molecule has 1 aromatic carbocycles. The summed E-state index contributed by atoms with van der Waals surface area (Å²) in [5.74, 6) is 0.735. The van der Waals surface area contributed by atoms with Crippen LogP contribution in [0.3, 0.4) is 0 Å². The first-order valence-corrected chi connectivity index (χ1v) is 6.50. The van der Waals surface area contributed by atoms with Gasteiger partial charge in [-0.3, -0.25) is 0 Å². The van der Waals surface area contributed by atoms with Gasteiger partial charge in [-0.05, 0) is 38.4 Å². The molecular weight excluding hydrogens is 266 g/mol. The van der Waals surface area contributed by atoms with Crippen molar-refractivity contribution in [3.05, 3.63) is 29.3 Å². The van der Waals surface area contributed by atoms with Crippen molar-refractivity contribution >= 4 is 17.6 Å². The molecule has 0 aromatic heterocycles. The van der Waals surface area contributed by atoms with E-state index in [1.165, 1.54) is 0 Å². The van der Waals surface area contributed by atoms with Gasteiger partial charge in [0.1, 0.15) is 12.4 Å². The molecule has 0 fully saturated rings. The average molecular weight is 286 g/mol. The number of carbonyl (C=O) groups excluding carboxylic acids is 1. The Morgan fingerprint density at radius 2 is 1.84 bits per heavy atom. The minimum absolute atomic E-state index is 0.179. The molecule has 0 aliphatic rings. The average Bonchev–Trinajstić information content (AvgIpc) is 2.36. The first-order valence-electron chi connectivity index (χ1n) is 6.13. The Morgan fingerprint density at radius 1 is 1.21 bits per heavy atom. The van der Waals surface area contributed by atoms with E-state index in [1.807, 2.05) is 19.0 Å². The van der Waals surface area contributed by atoms with Crippen LogP contribution in [0, 0.1) is 0 Å². The van der Waals surface area contributed by atoms with Crippen LogP contribution >= 0.6 is 11.6 Å². The molecule has 19 heavy (non-hydrogen) atoms. The number of likely N-dealkylation sites (N-methyl/N-ethyl adjacent to an activating group) is 1. The third kappa shape index (κ3) is 7.54. The van der Waals surface area contributed by atoms with E-state index in [1.54, 1.807) is 24.3 Å². The predicted octanol–water partition coefficient (Wildman–Crippen LogP) is 1.58. The van der Waals surface area contributed by atoms with Crippen LogP contribution in [0.4, 0.5) is 4.79 Å². The van der Waals surface area contributed by atoms with Crippen molar-refractivity contribution in [1.29, 1.82) is 0 Å². The van der Waals surface area contributed by atoms with Crippen LogP contribution < -0.4 is 15.4 Å². The van der Waals surface area contributed by atoms with Gasteiger partial charge >= 0.3 is 6.03 Å². The van der Waals surface area contributed by atoms with Crippen LogP contribution in [0.2, 0.25) is 5.02 Å². The number of halogens is 1. The molecule has 0 bridgehead atoms. The number of hydrogen-bond acceptors (Lipinski definition) is 3. The molecule has 0 aliphatic heterocycles. The van der Waals surface area contributed by atoms with Crippen molar-refractivity contribution < 1.29 is 9.53 Å². The lowest BCUT2D eigenvalue weighted by atomic mass is 10.3. The second kappa shape index (κ2) is 8.61. The highest BCUT2D eigenvalue weighted by molar-refractivity contribution is 6.30. The number of amides is 2. The summed E-state index contributed by atoms with van der Waals surface area (Å²) in [5.41, 5.74) is 0. The molecule has 0 unspecified atom stereocenters. The maximum absolute atomic E-state index is 11.4. The van der Waals surface area contributed by atoms with Crippen LogP contribution in [0.25, 0.3) is 0 Å². The van der Waals surface area contributed by atoms with Crippen LogP contribution in [0.5, 0.6) is 5.75 Å². The molecule has 2 amide bonds. The van der Waals surface area contributed by atoms with Gasteiger partial charge < -0.3 is 20.3 Å². The molecule has 0 radical (unpaired) electrons. The Balaban J connectivity index is 2.07. The molecule has 0 atom stereocenters. The van der Waals surface area contributed by atoms with Crippen molar-refractivity contribution in [3.63, 3.8) is 0 Å². The molecule has 0 aliphatic carbocycles. The molecule has 1 rings (SSSR count). The zero-order chi connectivity index (χ0) is 14.1. The minimum Gasteiger partial charge on any atom is -0.492 e. The van der Waals surface area contributed by atoms with Gasteiger partial charge in [0.15, 0.2) is 0 Å². The number of urea groups is 1. The topological polar surface area (TPSA) is 53.6 Å². The number of hydrogen-bond donors (Lipinski definition) is 2. The Labute approximate surface area is 118 Å². The predicted molar refractivity (Wildman–Crippen MR) is 76.9 cm³/mol. The number of benzene rings is 1. The lowest BCUT2D eigenvalue weighted by Gasteiger charge is -2.11. The fraction of sp³-hybridized carbons (Fsp3) is 0.462. The number of rotatable bonds is 7. The van der Waals surface area contributed by atoms with Crippen LogP contribution in [0.15, 0.2) is 24.3 Å². The molecule has 0 heterocycles. The largest absolute Gasteiger partial charge is 0.492 e. The Morgan fingerprint density at radius 3 is 2.47 bits per heavy atom. The van der Waals surface area contributed by atoms with Gasteiger partial charge in [0.05, 0.1) is 6.54 Å². The van der Waals surface area contributed by atoms with Gasteiger partial charge in [0, 0.05) is 18.1 Å². The van der Waals surface area contributed by atoms with E-state index in [2.05, 4.69) is 10.6 Å². The van der Waals surface area contributed by atoms with Gasteiger partial charge in [0.25, 0.3) is 0 Å². The summed E-state index contributed by atoms with van der Waals surface area (Å²) in [7, 11) is 3.92. The lowest BCUT2D eigenvalue weighted by molar-refractivity contribution is 0.235. The summed E-state index contributed by atoms with van der Waals surface area (Å²) in [5, 5.41) is 6.15. The Bertz CT molecular complexity index is 382. The fourth-order valence-corrected chi connectivity index (χ4v) is 1.45.